The molecule has 1 N–H and O–H groups in total. The summed E-state index contributed by atoms with van der Waals surface area (Å²) in [4.78, 5) is 41.1. The second kappa shape index (κ2) is 9.29. The number of rotatable bonds is 4. The first-order valence-corrected chi connectivity index (χ1v) is 13.2. The van der Waals surface area contributed by atoms with Gasteiger partial charge in [-0.25, -0.2) is 0 Å². The van der Waals surface area contributed by atoms with E-state index in [9.17, 15) is 32.9 Å². The number of halogens is 5. The summed E-state index contributed by atoms with van der Waals surface area (Å²) in [5, 5.41) is 14.1. The molecule has 7 nitrogen and oxygen atoms in total. The Bertz CT molecular complexity index is 1580. The quantitative estimate of drug-likeness (QED) is 0.204. The third-order valence-electron chi connectivity index (χ3n) is 8.32. The molecule has 3 heterocycles. The van der Waals surface area contributed by atoms with Crippen LogP contribution < -0.4 is 5.32 Å². The number of nitro groups is 1. The van der Waals surface area contributed by atoms with E-state index in [1.54, 1.807) is 12.1 Å². The maximum Gasteiger partial charge on any atom is 0.418 e. The van der Waals surface area contributed by atoms with E-state index in [4.69, 9.17) is 23.2 Å². The Morgan fingerprint density at radius 2 is 1.80 bits per heavy atom. The fourth-order valence-corrected chi connectivity index (χ4v) is 7.14. The Morgan fingerprint density at radius 3 is 2.45 bits per heavy atom. The third-order valence-corrected chi connectivity index (χ3v) is 9.06. The zero-order valence-electron chi connectivity index (χ0n) is 20.5. The number of ketones is 1. The van der Waals surface area contributed by atoms with Gasteiger partial charge in [-0.1, -0.05) is 47.5 Å². The summed E-state index contributed by atoms with van der Waals surface area (Å²) in [6.45, 7) is 0.377. The van der Waals surface area contributed by atoms with E-state index in [2.05, 4.69) is 5.32 Å². The monoisotopic (exact) mass is 589 g/mol. The number of benzene rings is 3. The average Bonchev–Trinajstić information content (AvgIpc) is 3.57. The number of carbonyl (C=O) groups excluding carboxylic acids is 2. The summed E-state index contributed by atoms with van der Waals surface area (Å²) in [7, 11) is 0. The van der Waals surface area contributed by atoms with Crippen LogP contribution in [0.4, 0.5) is 24.5 Å². The summed E-state index contributed by atoms with van der Waals surface area (Å²) >= 11 is 12.3. The van der Waals surface area contributed by atoms with Gasteiger partial charge in [-0.05, 0) is 49.2 Å². The number of Topliss-reactive ketones (excluding diaryl/α,β-unsaturated/α-hetero) is 1. The van der Waals surface area contributed by atoms with Crippen molar-refractivity contribution in [3.8, 4) is 0 Å². The van der Waals surface area contributed by atoms with Crippen LogP contribution in [0, 0.1) is 16.0 Å². The first kappa shape index (κ1) is 26.7. The zero-order valence-corrected chi connectivity index (χ0v) is 22.1. The Morgan fingerprint density at radius 1 is 1.07 bits per heavy atom. The molecule has 0 aromatic heterocycles. The predicted molar refractivity (Wildman–Crippen MR) is 142 cm³/mol. The van der Waals surface area contributed by atoms with Crippen LogP contribution in [0.3, 0.4) is 0 Å². The van der Waals surface area contributed by atoms with E-state index in [-0.39, 0.29) is 38.6 Å². The molecule has 6 rings (SSSR count). The van der Waals surface area contributed by atoms with Crippen molar-refractivity contribution in [1.82, 2.24) is 4.90 Å². The van der Waals surface area contributed by atoms with Crippen LogP contribution >= 0.6 is 23.2 Å². The van der Waals surface area contributed by atoms with Crippen molar-refractivity contribution in [2.75, 3.05) is 11.9 Å². The molecular weight excluding hydrogens is 570 g/mol. The number of hydrogen-bond acceptors (Lipinski definition) is 5. The van der Waals surface area contributed by atoms with Gasteiger partial charge in [-0.15, -0.1) is 0 Å². The number of fused-ring (bicyclic) bond motifs is 4. The average molecular weight is 590 g/mol. The number of nitrogens with zero attached hydrogens (tertiary/aromatic N) is 2. The maximum absolute atomic E-state index is 14.5. The Balaban J connectivity index is 1.62. The highest BCUT2D eigenvalue weighted by Crippen LogP contribution is 2.62. The van der Waals surface area contributed by atoms with E-state index in [0.29, 0.717) is 24.9 Å². The van der Waals surface area contributed by atoms with Crippen LogP contribution in [0.5, 0.6) is 0 Å². The van der Waals surface area contributed by atoms with Gasteiger partial charge in [0.15, 0.2) is 5.78 Å². The lowest BCUT2D eigenvalue weighted by molar-refractivity contribution is -0.384. The lowest BCUT2D eigenvalue weighted by atomic mass is 9.68. The fourth-order valence-electron chi connectivity index (χ4n) is 6.84. The molecule has 40 heavy (non-hydrogen) atoms. The lowest BCUT2D eigenvalue weighted by Gasteiger charge is -2.37. The van der Waals surface area contributed by atoms with Crippen molar-refractivity contribution < 1.29 is 27.7 Å². The summed E-state index contributed by atoms with van der Waals surface area (Å²) in [5.41, 5.74) is -2.43. The minimum atomic E-state index is -4.74. The Labute approximate surface area is 236 Å². The highest BCUT2D eigenvalue weighted by molar-refractivity contribution is 6.42. The van der Waals surface area contributed by atoms with Gasteiger partial charge < -0.3 is 5.32 Å². The number of hydrogen-bond donors (Lipinski definition) is 1. The number of amides is 1. The van der Waals surface area contributed by atoms with Gasteiger partial charge in [-0.3, -0.25) is 24.6 Å². The molecule has 3 aliphatic rings. The molecule has 206 valence electrons. The van der Waals surface area contributed by atoms with Gasteiger partial charge >= 0.3 is 6.18 Å². The molecular formula is C28H20Cl2F3N3O4. The Kier molecular flexibility index (Phi) is 6.21. The number of anilines is 1. The topological polar surface area (TPSA) is 92.5 Å². The number of para-hydroxylation sites is 1. The number of nitrogens with one attached hydrogen (secondary N) is 1. The standard InChI is InChI=1S/C28H20Cl2F3N3O4/c29-19-11-8-15(13-20(19)30)25(37)23-22(14-6-9-16(10-7-14)36(39)40)21-5-2-12-35(21)27(23)17-3-1-4-18(28(31,32)33)24(17)34-26(27)38/h1,3-4,6-11,13,21-23H,2,5,12H2,(H,34,38)/t21?,22?,23?,27-/m1/s1. The molecule has 12 heteroatoms. The number of carbonyl (C=O) groups is 2. The molecule has 3 aliphatic heterocycles. The summed E-state index contributed by atoms with van der Waals surface area (Å²) in [6, 6.07) is 13.3. The largest absolute Gasteiger partial charge is 0.418 e. The molecule has 0 radical (unpaired) electrons. The van der Waals surface area contributed by atoms with Gasteiger partial charge in [-0.2, -0.15) is 13.2 Å². The van der Waals surface area contributed by atoms with E-state index in [1.165, 1.54) is 42.5 Å². The normalized spacial score (nSPS) is 25.6. The number of alkyl halides is 3. The predicted octanol–water partition coefficient (Wildman–Crippen LogP) is 6.83. The van der Waals surface area contributed by atoms with Crippen molar-refractivity contribution in [3.05, 3.63) is 103 Å². The first-order valence-electron chi connectivity index (χ1n) is 12.5. The van der Waals surface area contributed by atoms with Crippen LogP contribution in [0.25, 0.3) is 0 Å². The van der Waals surface area contributed by atoms with Gasteiger partial charge in [0.25, 0.3) is 5.69 Å². The molecule has 2 saturated heterocycles. The van der Waals surface area contributed by atoms with Gasteiger partial charge in [0, 0.05) is 35.2 Å². The van der Waals surface area contributed by atoms with E-state index >= 15 is 0 Å². The molecule has 0 saturated carbocycles. The van der Waals surface area contributed by atoms with E-state index in [0.717, 1.165) is 6.07 Å². The van der Waals surface area contributed by atoms with Crippen LogP contribution in [0.1, 0.15) is 45.8 Å². The van der Waals surface area contributed by atoms with E-state index in [1.807, 2.05) is 4.90 Å². The molecule has 3 aromatic carbocycles. The smallest absolute Gasteiger partial charge is 0.323 e. The first-order chi connectivity index (χ1) is 19.0. The number of nitro benzene ring substituents is 1. The van der Waals surface area contributed by atoms with Crippen molar-refractivity contribution >= 4 is 46.3 Å². The number of non-ortho nitro benzene ring substituents is 1. The molecule has 1 spiro atoms. The van der Waals surface area contributed by atoms with Crippen LogP contribution in [-0.4, -0.2) is 34.1 Å². The van der Waals surface area contributed by atoms with E-state index < -0.39 is 45.7 Å². The molecule has 4 atom stereocenters. The van der Waals surface area contributed by atoms with Gasteiger partial charge in [0.1, 0.15) is 5.54 Å². The van der Waals surface area contributed by atoms with Crippen molar-refractivity contribution in [3.63, 3.8) is 0 Å². The van der Waals surface area contributed by atoms with Crippen LogP contribution in [-0.2, 0) is 16.5 Å². The molecule has 1 amide bonds. The highest BCUT2D eigenvalue weighted by Gasteiger charge is 2.69. The van der Waals surface area contributed by atoms with Crippen molar-refractivity contribution in [2.24, 2.45) is 5.92 Å². The fraction of sp³-hybridized carbons (Fsp3) is 0.286. The Hall–Kier alpha value is -3.47. The van der Waals surface area contributed by atoms with Crippen LogP contribution in [0.2, 0.25) is 10.0 Å². The second-order valence-corrected chi connectivity index (χ2v) is 11.0. The van der Waals surface area contributed by atoms with Gasteiger partial charge in [0.2, 0.25) is 5.91 Å². The zero-order chi connectivity index (χ0) is 28.6. The molecule has 0 aliphatic carbocycles. The van der Waals surface area contributed by atoms with Crippen molar-refractivity contribution in [1.29, 1.82) is 0 Å². The third kappa shape index (κ3) is 3.77. The highest BCUT2D eigenvalue weighted by atomic mass is 35.5. The molecule has 3 unspecified atom stereocenters. The second-order valence-electron chi connectivity index (χ2n) is 10.2. The summed E-state index contributed by atoms with van der Waals surface area (Å²) in [5.74, 6) is -3.02. The molecule has 0 bridgehead atoms. The van der Waals surface area contributed by atoms with Gasteiger partial charge in [0.05, 0.1) is 32.1 Å². The minimum absolute atomic E-state index is 0.0852. The lowest BCUT2D eigenvalue weighted by Crippen LogP contribution is -2.52. The summed E-state index contributed by atoms with van der Waals surface area (Å²) in [6.07, 6.45) is -3.50. The van der Waals surface area contributed by atoms with Crippen molar-refractivity contribution in [2.45, 2.75) is 36.5 Å². The SMILES string of the molecule is O=C(c1ccc(Cl)c(Cl)c1)C1C(c2ccc([N+](=O)[O-])cc2)C2CCCN2[C@@]12C(=O)Nc1c(C(F)(F)F)cccc12. The maximum atomic E-state index is 14.5. The molecule has 3 aromatic rings. The minimum Gasteiger partial charge on any atom is -0.323 e. The molecule has 2 fully saturated rings. The summed E-state index contributed by atoms with van der Waals surface area (Å²) < 4.78 is 42.1. The van der Waals surface area contributed by atoms with Crippen LogP contribution in [0.15, 0.2) is 60.7 Å².